The fourth-order valence-electron chi connectivity index (χ4n) is 2.61. The fourth-order valence-corrected chi connectivity index (χ4v) is 2.61. The van der Waals surface area contributed by atoms with E-state index in [2.05, 4.69) is 18.2 Å². The molecule has 0 aromatic heterocycles. The fraction of sp³-hybridized carbons (Fsp3) is 0.500. The lowest BCUT2D eigenvalue weighted by molar-refractivity contribution is 0.258. The van der Waals surface area contributed by atoms with Crippen LogP contribution in [0.3, 0.4) is 0 Å². The van der Waals surface area contributed by atoms with Gasteiger partial charge in [-0.1, -0.05) is 25.1 Å². The zero-order chi connectivity index (χ0) is 13.0. The van der Waals surface area contributed by atoms with Crippen molar-refractivity contribution in [3.63, 3.8) is 0 Å². The van der Waals surface area contributed by atoms with E-state index in [1.165, 1.54) is 0 Å². The summed E-state index contributed by atoms with van der Waals surface area (Å²) in [6.07, 6.45) is 9.19. The minimum absolute atomic E-state index is 0.0726. The molecule has 0 spiro atoms. The largest absolute Gasteiger partial charge is 0.310 e. The molecule has 1 aliphatic carbocycles. The molecule has 0 aliphatic heterocycles. The van der Waals surface area contributed by atoms with Crippen molar-refractivity contribution in [1.82, 2.24) is 5.32 Å². The first-order chi connectivity index (χ1) is 8.74. The zero-order valence-corrected chi connectivity index (χ0v) is 10.8. The lowest BCUT2D eigenvalue weighted by atomic mass is 9.75. The van der Waals surface area contributed by atoms with Gasteiger partial charge in [-0.2, -0.15) is 0 Å². The van der Waals surface area contributed by atoms with Crippen LogP contribution in [0, 0.1) is 18.2 Å². The van der Waals surface area contributed by atoms with Crippen LogP contribution in [0.1, 0.15) is 44.1 Å². The summed E-state index contributed by atoms with van der Waals surface area (Å²) in [5.74, 6) is 3.00. The summed E-state index contributed by atoms with van der Waals surface area (Å²) >= 11 is 0. The molecule has 0 heterocycles. The molecular weight excluding hydrogens is 225 g/mol. The van der Waals surface area contributed by atoms with E-state index in [0.29, 0.717) is 18.0 Å². The highest BCUT2D eigenvalue weighted by molar-refractivity contribution is 5.24. The lowest BCUT2D eigenvalue weighted by Crippen LogP contribution is -2.45. The molecule has 0 radical (unpaired) electrons. The highest BCUT2D eigenvalue weighted by Crippen LogP contribution is 2.38. The maximum atomic E-state index is 13.6. The third-order valence-corrected chi connectivity index (χ3v) is 3.81. The van der Waals surface area contributed by atoms with Gasteiger partial charge in [0.1, 0.15) is 5.82 Å². The molecule has 18 heavy (non-hydrogen) atoms. The summed E-state index contributed by atoms with van der Waals surface area (Å²) < 4.78 is 13.6. The smallest absolute Gasteiger partial charge is 0.126 e. The van der Waals surface area contributed by atoms with Gasteiger partial charge < -0.3 is 5.32 Å². The maximum Gasteiger partial charge on any atom is 0.126 e. The molecular formula is C16H20FN. The van der Waals surface area contributed by atoms with Crippen molar-refractivity contribution < 1.29 is 4.39 Å². The SMILES string of the molecule is C#CCC(CC)NC1CC(c2ccccc2F)C1. The Bertz CT molecular complexity index is 429. The summed E-state index contributed by atoms with van der Waals surface area (Å²) in [4.78, 5) is 0. The second kappa shape index (κ2) is 6.02. The van der Waals surface area contributed by atoms with Crippen molar-refractivity contribution in [2.75, 3.05) is 0 Å². The van der Waals surface area contributed by atoms with Gasteiger partial charge in [-0.25, -0.2) is 4.39 Å². The van der Waals surface area contributed by atoms with E-state index >= 15 is 0 Å². The van der Waals surface area contributed by atoms with Crippen molar-refractivity contribution in [1.29, 1.82) is 0 Å². The number of hydrogen-bond donors (Lipinski definition) is 1. The van der Waals surface area contributed by atoms with Crippen LogP contribution in [0.15, 0.2) is 24.3 Å². The Morgan fingerprint density at radius 2 is 2.17 bits per heavy atom. The predicted molar refractivity (Wildman–Crippen MR) is 72.8 cm³/mol. The molecule has 2 rings (SSSR count). The second-order valence-electron chi connectivity index (χ2n) is 5.07. The van der Waals surface area contributed by atoms with Crippen LogP contribution in [0.5, 0.6) is 0 Å². The molecule has 96 valence electrons. The molecule has 1 atom stereocenters. The number of benzene rings is 1. The van der Waals surface area contributed by atoms with Crippen molar-refractivity contribution in [3.8, 4) is 12.3 Å². The van der Waals surface area contributed by atoms with Crippen LogP contribution in [-0.2, 0) is 0 Å². The van der Waals surface area contributed by atoms with E-state index in [4.69, 9.17) is 6.42 Å². The van der Waals surface area contributed by atoms with Gasteiger partial charge in [0.25, 0.3) is 0 Å². The first-order valence-corrected chi connectivity index (χ1v) is 6.68. The van der Waals surface area contributed by atoms with Crippen LogP contribution in [0.4, 0.5) is 4.39 Å². The monoisotopic (exact) mass is 245 g/mol. The molecule has 1 nitrogen and oxygen atoms in total. The van der Waals surface area contributed by atoms with Gasteiger partial charge in [0, 0.05) is 18.5 Å². The Morgan fingerprint density at radius 1 is 1.44 bits per heavy atom. The van der Waals surface area contributed by atoms with Gasteiger partial charge >= 0.3 is 0 Å². The highest BCUT2D eigenvalue weighted by Gasteiger charge is 2.32. The maximum absolute atomic E-state index is 13.6. The number of terminal acetylenes is 1. The molecule has 1 aromatic carbocycles. The minimum atomic E-state index is -0.0726. The van der Waals surface area contributed by atoms with Gasteiger partial charge in [-0.3, -0.25) is 0 Å². The number of hydrogen-bond acceptors (Lipinski definition) is 1. The van der Waals surface area contributed by atoms with E-state index in [1.54, 1.807) is 12.1 Å². The molecule has 0 amide bonds. The Morgan fingerprint density at radius 3 is 2.78 bits per heavy atom. The average molecular weight is 245 g/mol. The molecule has 1 aromatic rings. The summed E-state index contributed by atoms with van der Waals surface area (Å²) in [7, 11) is 0. The molecule has 1 N–H and O–H groups in total. The normalized spacial score (nSPS) is 24.1. The third kappa shape index (κ3) is 2.91. The Kier molecular flexibility index (Phi) is 4.38. The first kappa shape index (κ1) is 13.1. The van der Waals surface area contributed by atoms with Gasteiger partial charge in [0.05, 0.1) is 0 Å². The Hall–Kier alpha value is -1.33. The van der Waals surface area contributed by atoms with Gasteiger partial charge in [0.2, 0.25) is 0 Å². The van der Waals surface area contributed by atoms with E-state index in [-0.39, 0.29) is 5.82 Å². The predicted octanol–water partition coefficient (Wildman–Crippen LogP) is 3.46. The lowest BCUT2D eigenvalue weighted by Gasteiger charge is -2.38. The van der Waals surface area contributed by atoms with Crippen molar-refractivity contribution in [3.05, 3.63) is 35.6 Å². The summed E-state index contributed by atoms with van der Waals surface area (Å²) in [6, 6.07) is 7.99. The number of nitrogens with one attached hydrogen (secondary N) is 1. The summed E-state index contributed by atoms with van der Waals surface area (Å²) in [6.45, 7) is 2.14. The number of rotatable bonds is 5. The quantitative estimate of drug-likeness (QED) is 0.783. The van der Waals surface area contributed by atoms with Crippen LogP contribution in [0.2, 0.25) is 0 Å². The highest BCUT2D eigenvalue weighted by atomic mass is 19.1. The molecule has 1 unspecified atom stereocenters. The number of halogens is 1. The van der Waals surface area contributed by atoms with Crippen LogP contribution >= 0.6 is 0 Å². The van der Waals surface area contributed by atoms with Gasteiger partial charge in [0.15, 0.2) is 0 Å². The van der Waals surface area contributed by atoms with Gasteiger partial charge in [-0.15, -0.1) is 12.3 Å². The standard InChI is InChI=1S/C16H20FN/c1-3-7-13(4-2)18-14-10-12(11-14)15-8-5-6-9-16(15)17/h1,5-6,8-9,12-14,18H,4,7,10-11H2,2H3. The van der Waals surface area contributed by atoms with Crippen molar-refractivity contribution >= 4 is 0 Å². The van der Waals surface area contributed by atoms with Crippen LogP contribution in [-0.4, -0.2) is 12.1 Å². The Labute approximate surface area is 109 Å². The van der Waals surface area contributed by atoms with Gasteiger partial charge in [-0.05, 0) is 36.8 Å². The van der Waals surface area contributed by atoms with E-state index in [1.807, 2.05) is 12.1 Å². The first-order valence-electron chi connectivity index (χ1n) is 6.68. The molecule has 0 saturated heterocycles. The van der Waals surface area contributed by atoms with E-state index in [0.717, 1.165) is 31.2 Å². The van der Waals surface area contributed by atoms with Crippen LogP contribution < -0.4 is 5.32 Å². The Balaban J connectivity index is 1.84. The average Bonchev–Trinajstić information content (AvgIpc) is 2.33. The van der Waals surface area contributed by atoms with Crippen LogP contribution in [0.25, 0.3) is 0 Å². The summed E-state index contributed by atoms with van der Waals surface area (Å²) in [5, 5.41) is 3.56. The van der Waals surface area contributed by atoms with Crippen molar-refractivity contribution in [2.45, 2.75) is 50.6 Å². The molecule has 1 aliphatic rings. The zero-order valence-electron chi connectivity index (χ0n) is 10.8. The topological polar surface area (TPSA) is 12.0 Å². The summed E-state index contributed by atoms with van der Waals surface area (Å²) in [5.41, 5.74) is 0.862. The minimum Gasteiger partial charge on any atom is -0.310 e. The molecule has 2 heteroatoms. The second-order valence-corrected chi connectivity index (χ2v) is 5.07. The van der Waals surface area contributed by atoms with E-state index < -0.39 is 0 Å². The van der Waals surface area contributed by atoms with E-state index in [9.17, 15) is 4.39 Å². The van der Waals surface area contributed by atoms with Crippen molar-refractivity contribution in [2.24, 2.45) is 0 Å². The molecule has 0 bridgehead atoms. The molecule has 1 saturated carbocycles. The molecule has 1 fully saturated rings. The third-order valence-electron chi connectivity index (χ3n) is 3.81.